The molecule has 3 aliphatic heterocycles. The Hall–Kier alpha value is -3.28. The SMILES string of the molecule is C=C/C(=C\N=C(C)C=O)c1ccc2c(c1)CC(F)(F)C1(CCN(CO/N=C(\N=C)C(C)C)CC1)O2.CN1CCC(O)C1. The van der Waals surface area contributed by atoms with Crippen LogP contribution in [0, 0.1) is 5.92 Å². The lowest BCUT2D eigenvalue weighted by Gasteiger charge is -2.48. The number of piperidine rings is 1. The summed E-state index contributed by atoms with van der Waals surface area (Å²) in [5.74, 6) is -2.00. The van der Waals surface area contributed by atoms with Crippen molar-refractivity contribution in [1.82, 2.24) is 9.80 Å². The van der Waals surface area contributed by atoms with Crippen molar-refractivity contribution in [3.8, 4) is 5.75 Å². The van der Waals surface area contributed by atoms with E-state index < -0.39 is 17.9 Å². The van der Waals surface area contributed by atoms with E-state index in [4.69, 9.17) is 14.7 Å². The molecule has 1 aromatic rings. The van der Waals surface area contributed by atoms with Crippen LogP contribution in [0.5, 0.6) is 5.75 Å². The molecule has 1 N–H and O–H groups in total. The van der Waals surface area contributed by atoms with Gasteiger partial charge in [0.25, 0.3) is 5.92 Å². The van der Waals surface area contributed by atoms with Gasteiger partial charge in [0.2, 0.25) is 0 Å². The van der Waals surface area contributed by atoms with E-state index in [-0.39, 0.29) is 31.6 Å². The molecule has 11 heteroatoms. The van der Waals surface area contributed by atoms with Crippen molar-refractivity contribution in [1.29, 1.82) is 0 Å². The van der Waals surface area contributed by atoms with E-state index in [9.17, 15) is 4.79 Å². The molecule has 1 spiro atoms. The predicted molar refractivity (Wildman–Crippen MR) is 163 cm³/mol. The lowest BCUT2D eigenvalue weighted by molar-refractivity contribution is -0.199. The Morgan fingerprint density at radius 3 is 2.52 bits per heavy atom. The smallest absolute Gasteiger partial charge is 0.291 e. The molecule has 3 heterocycles. The molecule has 3 aliphatic rings. The van der Waals surface area contributed by atoms with Gasteiger partial charge in [-0.25, -0.2) is 13.8 Å². The van der Waals surface area contributed by atoms with Crippen LogP contribution in [0.25, 0.3) is 5.57 Å². The molecular weight excluding hydrogens is 544 g/mol. The first-order valence-corrected chi connectivity index (χ1v) is 14.2. The number of hydrogen-bond donors (Lipinski definition) is 1. The fraction of sp³-hybridized carbons (Fsp3) is 0.548. The number of likely N-dealkylation sites (N-methyl/N-ethyl adjacent to an activating group) is 1. The van der Waals surface area contributed by atoms with Crippen molar-refractivity contribution in [3.63, 3.8) is 0 Å². The highest BCUT2D eigenvalue weighted by atomic mass is 19.3. The number of aldehydes is 1. The summed E-state index contributed by atoms with van der Waals surface area (Å²) in [4.78, 5) is 28.1. The number of fused-ring (bicyclic) bond motifs is 1. The molecule has 0 saturated carbocycles. The van der Waals surface area contributed by atoms with E-state index >= 15 is 8.78 Å². The monoisotopic (exact) mass is 587 g/mol. The molecule has 2 fully saturated rings. The first-order valence-electron chi connectivity index (χ1n) is 14.2. The molecular formula is C31H43F2N5O4. The van der Waals surface area contributed by atoms with E-state index in [1.54, 1.807) is 31.2 Å². The van der Waals surface area contributed by atoms with Gasteiger partial charge in [0.05, 0.1) is 11.8 Å². The highest BCUT2D eigenvalue weighted by Gasteiger charge is 2.59. The normalized spacial score (nSPS) is 22.6. The van der Waals surface area contributed by atoms with Crippen molar-refractivity contribution < 1.29 is 28.3 Å². The number of allylic oxidation sites excluding steroid dienone is 2. The lowest BCUT2D eigenvalue weighted by atomic mass is 9.79. The minimum absolute atomic E-state index is 0.0509. The molecule has 0 bridgehead atoms. The summed E-state index contributed by atoms with van der Waals surface area (Å²) in [6, 6.07) is 5.18. The van der Waals surface area contributed by atoms with Crippen molar-refractivity contribution >= 4 is 30.1 Å². The number of rotatable bonds is 8. The molecule has 0 amide bonds. The van der Waals surface area contributed by atoms with Gasteiger partial charge in [-0.2, -0.15) is 0 Å². The Morgan fingerprint density at radius 2 is 2.00 bits per heavy atom. The maximum atomic E-state index is 15.4. The van der Waals surface area contributed by atoms with E-state index in [2.05, 4.69) is 33.3 Å². The van der Waals surface area contributed by atoms with Crippen molar-refractivity contribution in [2.75, 3.05) is 40.0 Å². The Bertz CT molecular complexity index is 1200. The van der Waals surface area contributed by atoms with Gasteiger partial charge in [0.15, 0.2) is 24.5 Å². The second kappa shape index (κ2) is 14.8. The molecule has 42 heavy (non-hydrogen) atoms. The second-order valence-corrected chi connectivity index (χ2v) is 11.3. The Labute approximate surface area is 247 Å². The van der Waals surface area contributed by atoms with E-state index in [0.29, 0.717) is 53.4 Å². The summed E-state index contributed by atoms with van der Waals surface area (Å²) in [5.41, 5.74) is 0.482. The number of aliphatic hydroxyl groups is 1. The molecule has 0 aliphatic carbocycles. The minimum Gasteiger partial charge on any atom is -0.481 e. The van der Waals surface area contributed by atoms with E-state index in [1.807, 2.05) is 25.8 Å². The number of nitrogens with zero attached hydrogens (tertiary/aromatic N) is 5. The summed E-state index contributed by atoms with van der Waals surface area (Å²) in [6.45, 7) is 15.6. The first-order chi connectivity index (χ1) is 19.9. The molecule has 230 valence electrons. The molecule has 1 aromatic carbocycles. The molecule has 1 unspecified atom stereocenters. The summed E-state index contributed by atoms with van der Waals surface area (Å²) in [6.07, 6.45) is 4.54. The number of aliphatic imine (C=N–C) groups is 2. The van der Waals surface area contributed by atoms with Crippen LogP contribution in [0.2, 0.25) is 0 Å². The second-order valence-electron chi connectivity index (χ2n) is 11.3. The first kappa shape index (κ1) is 33.2. The number of oxime groups is 1. The number of likely N-dealkylation sites (tertiary alicyclic amines) is 2. The van der Waals surface area contributed by atoms with Gasteiger partial charge in [0, 0.05) is 63.1 Å². The number of ether oxygens (including phenoxy) is 1. The average Bonchev–Trinajstić information content (AvgIpc) is 3.34. The number of alkyl halides is 2. The van der Waals surface area contributed by atoms with Crippen LogP contribution >= 0.6 is 0 Å². The highest BCUT2D eigenvalue weighted by molar-refractivity contribution is 6.27. The number of benzene rings is 1. The number of halogens is 2. The standard InChI is InChI=1S/C26H32F2N4O3.C5H11NO/c1-6-20(15-30-19(4)16-33)21-7-8-23-22(13-21)14-26(27,28)25(35-23)9-11-32(12-10-25)17-34-31-24(29-5)18(2)3;1-6-3-2-5(7)4-6/h6-8,13,15-16,18H,1,5,9-12,14,17H2,2-4H3;5,7H,2-4H2,1H3/b20-15+,30-19?,31-24-;. The van der Waals surface area contributed by atoms with Gasteiger partial charge in [-0.3, -0.25) is 14.7 Å². The topological polar surface area (TPSA) is 99.3 Å². The molecule has 0 radical (unpaired) electrons. The maximum Gasteiger partial charge on any atom is 0.291 e. The third-order valence-corrected chi connectivity index (χ3v) is 7.68. The van der Waals surface area contributed by atoms with Crippen molar-refractivity contribution in [2.45, 2.75) is 64.1 Å². The number of amidine groups is 1. The zero-order valence-corrected chi connectivity index (χ0v) is 25.1. The number of carbonyl (C=O) groups excluding carboxylic acids is 1. The fourth-order valence-electron chi connectivity index (χ4n) is 5.05. The molecule has 0 aromatic heterocycles. The zero-order valence-electron chi connectivity index (χ0n) is 25.1. The summed E-state index contributed by atoms with van der Waals surface area (Å²) in [5, 5.41) is 12.8. The third kappa shape index (κ3) is 8.39. The number of hydrogen-bond acceptors (Lipinski definition) is 8. The van der Waals surface area contributed by atoms with Gasteiger partial charge in [-0.1, -0.05) is 37.7 Å². The Kier molecular flexibility index (Phi) is 11.7. The number of aliphatic hydroxyl groups excluding tert-OH is 1. The third-order valence-electron chi connectivity index (χ3n) is 7.68. The lowest BCUT2D eigenvalue weighted by Crippen LogP contribution is -2.61. The Balaban J connectivity index is 0.000000603. The van der Waals surface area contributed by atoms with Gasteiger partial charge < -0.3 is 19.6 Å². The number of carbonyl (C=O) groups is 1. The molecule has 4 rings (SSSR count). The van der Waals surface area contributed by atoms with Gasteiger partial charge in [-0.05, 0) is 50.4 Å². The van der Waals surface area contributed by atoms with Crippen LogP contribution in [-0.2, 0) is 16.1 Å². The van der Waals surface area contributed by atoms with Crippen LogP contribution in [0.1, 0.15) is 51.2 Å². The quantitative estimate of drug-likeness (QED) is 0.157. The predicted octanol–water partition coefficient (Wildman–Crippen LogP) is 4.61. The fourth-order valence-corrected chi connectivity index (χ4v) is 5.05. The van der Waals surface area contributed by atoms with Crippen molar-refractivity contribution in [2.24, 2.45) is 21.1 Å². The molecule has 2 saturated heterocycles. The highest BCUT2D eigenvalue weighted by Crippen LogP contribution is 2.48. The molecule has 1 atom stereocenters. The van der Waals surface area contributed by atoms with E-state index in [0.717, 1.165) is 19.5 Å². The van der Waals surface area contributed by atoms with Crippen LogP contribution in [0.15, 0.2) is 52.2 Å². The minimum atomic E-state index is -3.04. The van der Waals surface area contributed by atoms with Crippen LogP contribution in [0.4, 0.5) is 8.78 Å². The van der Waals surface area contributed by atoms with Crippen LogP contribution in [-0.4, -0.2) is 97.0 Å². The van der Waals surface area contributed by atoms with Crippen molar-refractivity contribution in [3.05, 3.63) is 48.2 Å². The zero-order chi connectivity index (χ0) is 30.9. The average molecular weight is 588 g/mol. The number of β-amino-alcohol motifs (C(OH)–C–C–N with tert-alkyl or cyclic N) is 1. The summed E-state index contributed by atoms with van der Waals surface area (Å²) < 4.78 is 36.9. The molecule has 9 nitrogen and oxygen atoms in total. The van der Waals surface area contributed by atoms with Gasteiger partial charge in [0.1, 0.15) is 5.75 Å². The maximum absolute atomic E-state index is 15.4. The largest absolute Gasteiger partial charge is 0.481 e. The van der Waals surface area contributed by atoms with Gasteiger partial charge in [-0.15, -0.1) is 0 Å². The van der Waals surface area contributed by atoms with Crippen LogP contribution in [0.3, 0.4) is 0 Å². The Morgan fingerprint density at radius 1 is 1.29 bits per heavy atom. The van der Waals surface area contributed by atoms with Crippen LogP contribution < -0.4 is 4.74 Å². The summed E-state index contributed by atoms with van der Waals surface area (Å²) in [7, 11) is 2.02. The summed E-state index contributed by atoms with van der Waals surface area (Å²) >= 11 is 0. The van der Waals surface area contributed by atoms with E-state index in [1.165, 1.54) is 6.20 Å². The van der Waals surface area contributed by atoms with Gasteiger partial charge >= 0.3 is 0 Å².